The van der Waals surface area contributed by atoms with Crippen LogP contribution in [0.25, 0.3) is 0 Å². The van der Waals surface area contributed by atoms with Gasteiger partial charge in [-0.25, -0.2) is 4.79 Å². The van der Waals surface area contributed by atoms with Crippen LogP contribution in [0.1, 0.15) is 10.4 Å². The Labute approximate surface area is 96.1 Å². The van der Waals surface area contributed by atoms with Crippen LogP contribution >= 0.6 is 0 Å². The number of hydrogen-bond acceptors (Lipinski definition) is 3. The Morgan fingerprint density at radius 1 is 1.25 bits per heavy atom. The normalized spacial score (nSPS) is 10.5. The van der Waals surface area contributed by atoms with E-state index in [2.05, 4.69) is 4.90 Å². The average Bonchev–Trinajstić information content (AvgIpc) is 2.26. The van der Waals surface area contributed by atoms with E-state index < -0.39 is 5.97 Å². The summed E-state index contributed by atoms with van der Waals surface area (Å²) in [5, 5.41) is 8.88. The zero-order valence-electron chi connectivity index (χ0n) is 9.97. The predicted octanol–water partition coefficient (Wildman–Crippen LogP) is 1.38. The van der Waals surface area contributed by atoms with Crippen LogP contribution in [0.2, 0.25) is 0 Å². The molecular weight excluding hydrogens is 204 g/mol. The van der Waals surface area contributed by atoms with Gasteiger partial charge in [0.1, 0.15) is 0 Å². The van der Waals surface area contributed by atoms with Gasteiger partial charge in [0.2, 0.25) is 0 Å². The molecule has 0 atom stereocenters. The molecule has 16 heavy (non-hydrogen) atoms. The summed E-state index contributed by atoms with van der Waals surface area (Å²) >= 11 is 0. The lowest BCUT2D eigenvalue weighted by Gasteiger charge is -2.21. The molecule has 0 bridgehead atoms. The van der Waals surface area contributed by atoms with Crippen molar-refractivity contribution in [1.82, 2.24) is 4.90 Å². The molecule has 4 nitrogen and oxygen atoms in total. The SMILES string of the molecule is CN(C)CCN(C)c1cccc(C(=O)O)c1. The van der Waals surface area contributed by atoms with Crippen LogP contribution in [0, 0.1) is 0 Å². The third-order valence-corrected chi connectivity index (χ3v) is 2.42. The van der Waals surface area contributed by atoms with Gasteiger partial charge in [0.05, 0.1) is 5.56 Å². The number of likely N-dealkylation sites (N-methyl/N-ethyl adjacent to an activating group) is 2. The minimum atomic E-state index is -0.886. The summed E-state index contributed by atoms with van der Waals surface area (Å²) in [4.78, 5) is 15.0. The molecule has 0 saturated heterocycles. The Morgan fingerprint density at radius 2 is 1.94 bits per heavy atom. The fourth-order valence-corrected chi connectivity index (χ4v) is 1.36. The van der Waals surface area contributed by atoms with Crippen LogP contribution in [0.5, 0.6) is 0 Å². The molecule has 1 rings (SSSR count). The molecule has 4 heteroatoms. The van der Waals surface area contributed by atoms with Crippen molar-refractivity contribution in [1.29, 1.82) is 0 Å². The van der Waals surface area contributed by atoms with Gasteiger partial charge >= 0.3 is 5.97 Å². The molecule has 0 unspecified atom stereocenters. The number of carboxylic acids is 1. The van der Waals surface area contributed by atoms with Crippen molar-refractivity contribution in [3.05, 3.63) is 29.8 Å². The molecule has 0 aromatic heterocycles. The average molecular weight is 222 g/mol. The smallest absolute Gasteiger partial charge is 0.335 e. The maximum absolute atomic E-state index is 10.8. The van der Waals surface area contributed by atoms with E-state index in [1.54, 1.807) is 18.2 Å². The summed E-state index contributed by atoms with van der Waals surface area (Å²) in [6, 6.07) is 6.98. The van der Waals surface area contributed by atoms with Crippen molar-refractivity contribution in [2.75, 3.05) is 39.1 Å². The molecule has 1 aromatic rings. The van der Waals surface area contributed by atoms with Crippen molar-refractivity contribution in [2.45, 2.75) is 0 Å². The molecule has 0 aliphatic heterocycles. The highest BCUT2D eigenvalue weighted by Gasteiger charge is 2.06. The Balaban J connectivity index is 2.71. The Bertz CT molecular complexity index is 364. The van der Waals surface area contributed by atoms with E-state index in [1.807, 2.05) is 32.1 Å². The van der Waals surface area contributed by atoms with Crippen molar-refractivity contribution in [2.24, 2.45) is 0 Å². The second kappa shape index (κ2) is 5.51. The van der Waals surface area contributed by atoms with Gasteiger partial charge in [-0.1, -0.05) is 6.07 Å². The monoisotopic (exact) mass is 222 g/mol. The fourth-order valence-electron chi connectivity index (χ4n) is 1.36. The predicted molar refractivity (Wildman–Crippen MR) is 65.2 cm³/mol. The minimum Gasteiger partial charge on any atom is -0.478 e. The zero-order valence-corrected chi connectivity index (χ0v) is 9.97. The Hall–Kier alpha value is -1.55. The number of aromatic carboxylic acids is 1. The molecule has 0 amide bonds. The summed E-state index contributed by atoms with van der Waals surface area (Å²) in [7, 11) is 5.99. The van der Waals surface area contributed by atoms with E-state index in [0.29, 0.717) is 5.56 Å². The molecule has 0 aliphatic rings. The van der Waals surface area contributed by atoms with Crippen molar-refractivity contribution in [3.8, 4) is 0 Å². The van der Waals surface area contributed by atoms with Crippen LogP contribution in [-0.4, -0.2) is 50.2 Å². The highest BCUT2D eigenvalue weighted by Crippen LogP contribution is 2.14. The van der Waals surface area contributed by atoms with Crippen molar-refractivity contribution in [3.63, 3.8) is 0 Å². The lowest BCUT2D eigenvalue weighted by molar-refractivity contribution is 0.0697. The van der Waals surface area contributed by atoms with E-state index in [1.165, 1.54) is 0 Å². The molecular formula is C12H18N2O2. The first kappa shape index (κ1) is 12.5. The minimum absolute atomic E-state index is 0.328. The summed E-state index contributed by atoms with van der Waals surface area (Å²) in [6.07, 6.45) is 0. The molecule has 0 heterocycles. The van der Waals surface area contributed by atoms with Crippen LogP contribution in [0.4, 0.5) is 5.69 Å². The fraction of sp³-hybridized carbons (Fsp3) is 0.417. The first-order valence-corrected chi connectivity index (χ1v) is 5.20. The molecule has 0 aliphatic carbocycles. The third kappa shape index (κ3) is 3.55. The highest BCUT2D eigenvalue weighted by atomic mass is 16.4. The van der Waals surface area contributed by atoms with Gasteiger partial charge < -0.3 is 14.9 Å². The van der Waals surface area contributed by atoms with Crippen molar-refractivity contribution >= 4 is 11.7 Å². The third-order valence-electron chi connectivity index (χ3n) is 2.42. The second-order valence-electron chi connectivity index (χ2n) is 4.08. The maximum atomic E-state index is 10.8. The zero-order chi connectivity index (χ0) is 12.1. The Kier molecular flexibility index (Phi) is 4.31. The molecule has 88 valence electrons. The van der Waals surface area contributed by atoms with Gasteiger partial charge in [-0.2, -0.15) is 0 Å². The number of rotatable bonds is 5. The standard InChI is InChI=1S/C12H18N2O2/c1-13(2)7-8-14(3)11-6-4-5-10(9-11)12(15)16/h4-6,9H,7-8H2,1-3H3,(H,15,16). The van der Waals surface area contributed by atoms with Crippen LogP contribution in [-0.2, 0) is 0 Å². The lowest BCUT2D eigenvalue weighted by atomic mass is 10.2. The number of carbonyl (C=O) groups is 1. The number of hydrogen-bond donors (Lipinski definition) is 1. The van der Waals surface area contributed by atoms with E-state index in [9.17, 15) is 4.79 Å². The number of nitrogens with zero attached hydrogens (tertiary/aromatic N) is 2. The van der Waals surface area contributed by atoms with Crippen molar-refractivity contribution < 1.29 is 9.90 Å². The molecule has 0 fully saturated rings. The summed E-state index contributed by atoms with van der Waals surface area (Å²) in [6.45, 7) is 1.81. The van der Waals surface area contributed by atoms with E-state index >= 15 is 0 Å². The van der Waals surface area contributed by atoms with Gasteiger partial charge in [0.25, 0.3) is 0 Å². The van der Waals surface area contributed by atoms with Crippen LogP contribution < -0.4 is 4.90 Å². The molecule has 0 saturated carbocycles. The Morgan fingerprint density at radius 3 is 2.50 bits per heavy atom. The maximum Gasteiger partial charge on any atom is 0.335 e. The molecule has 0 radical (unpaired) electrons. The quantitative estimate of drug-likeness (QED) is 0.817. The number of carboxylic acid groups (broad SMARTS) is 1. The molecule has 0 spiro atoms. The number of benzene rings is 1. The largest absolute Gasteiger partial charge is 0.478 e. The van der Waals surface area contributed by atoms with Gasteiger partial charge in [0, 0.05) is 25.8 Å². The summed E-state index contributed by atoms with van der Waals surface area (Å²) in [5.74, 6) is -0.886. The van der Waals surface area contributed by atoms with Crippen LogP contribution in [0.3, 0.4) is 0 Å². The summed E-state index contributed by atoms with van der Waals surface area (Å²) in [5.41, 5.74) is 1.26. The number of anilines is 1. The van der Waals surface area contributed by atoms with E-state index in [-0.39, 0.29) is 0 Å². The van der Waals surface area contributed by atoms with Gasteiger partial charge in [-0.05, 0) is 32.3 Å². The molecule has 1 aromatic carbocycles. The van der Waals surface area contributed by atoms with Gasteiger partial charge in [-0.3, -0.25) is 0 Å². The second-order valence-corrected chi connectivity index (χ2v) is 4.08. The van der Waals surface area contributed by atoms with Crippen LogP contribution in [0.15, 0.2) is 24.3 Å². The lowest BCUT2D eigenvalue weighted by Crippen LogP contribution is -2.28. The first-order valence-electron chi connectivity index (χ1n) is 5.20. The van der Waals surface area contributed by atoms with Gasteiger partial charge in [-0.15, -0.1) is 0 Å². The first-order chi connectivity index (χ1) is 7.50. The molecule has 1 N–H and O–H groups in total. The topological polar surface area (TPSA) is 43.8 Å². The van der Waals surface area contributed by atoms with Gasteiger partial charge in [0.15, 0.2) is 0 Å². The summed E-state index contributed by atoms with van der Waals surface area (Å²) < 4.78 is 0. The van der Waals surface area contributed by atoms with E-state index in [0.717, 1.165) is 18.8 Å². The van der Waals surface area contributed by atoms with E-state index in [4.69, 9.17) is 5.11 Å². The highest BCUT2D eigenvalue weighted by molar-refractivity contribution is 5.88.